The van der Waals surface area contributed by atoms with Crippen LogP contribution < -0.4 is 31.9 Å². The summed E-state index contributed by atoms with van der Waals surface area (Å²) < 4.78 is 124. The molecule has 10 aliphatic rings. The molecule has 0 spiro atoms. The lowest BCUT2D eigenvalue weighted by Crippen LogP contribution is -2.72. The molecule has 0 aliphatic carbocycles. The Morgan fingerprint density at radius 3 is 0.857 bits per heavy atom. The van der Waals surface area contributed by atoms with Gasteiger partial charge in [-0.1, -0.05) is 0 Å². The Morgan fingerprint density at radius 1 is 0.243 bits per heavy atom. The van der Waals surface area contributed by atoms with Crippen LogP contribution in [0, 0.1) is 0 Å². The summed E-state index contributed by atoms with van der Waals surface area (Å²) in [7, 11) is 0. The summed E-state index contributed by atoms with van der Waals surface area (Å²) in [6, 6.07) is -12.2. The number of hydrogen-bond donors (Lipinski definition) is 36. The average Bonchev–Trinajstić information content (AvgIpc) is 0.752. The van der Waals surface area contributed by atoms with Crippen molar-refractivity contribution in [1.29, 1.82) is 0 Å². The predicted octanol–water partition coefficient (Wildman–Crippen LogP) is -24.5. The Hall–Kier alpha value is -5.18. The summed E-state index contributed by atoms with van der Waals surface area (Å²) >= 11 is 0. The minimum Gasteiger partial charge on any atom is -0.394 e. The van der Waals surface area contributed by atoms with E-state index in [9.17, 15) is 182 Å². The van der Waals surface area contributed by atoms with Crippen molar-refractivity contribution in [2.24, 2.45) is 0 Å². The van der Waals surface area contributed by atoms with Gasteiger partial charge in [-0.25, -0.2) is 0 Å². The molecular weight excluding hydrogens is 1920 g/mol. The van der Waals surface area contributed by atoms with E-state index in [1.807, 2.05) is 0 Å². The van der Waals surface area contributed by atoms with Crippen LogP contribution in [0.15, 0.2) is 0 Å². The lowest BCUT2D eigenvalue weighted by atomic mass is 9.93. The van der Waals surface area contributed by atoms with Crippen LogP contribution in [0.4, 0.5) is 0 Å². The van der Waals surface area contributed by atoms with Gasteiger partial charge in [-0.15, -0.1) is 0 Å². The van der Waals surface area contributed by atoms with Crippen molar-refractivity contribution in [3.8, 4) is 0 Å². The standard InChI is InChI=1S/C78H132N6O56/c1-19(96)79-25(7-85)42(103)60(26(102)8-86)132-71-39(82-22(4)99)50(111)63(34(16-94)127-71)136-76-59(120)66(65(137-69-37(80-20(2)97)48(109)43(104)27(9-87)122-69)36(131-76)18-121-77-67(55(116)47(108)31(13-91)126-77)139-70-38(81-21(3)98)49(110)44(105)28(10-88)123-70)138-78-68(140-73-41(84-24(6)101)52(113)62(33(15-93)129-73)135-75-57(118)54(115)46(107)30(12-90)125-75)58(119)64(35(17-95)130-78)133-72-40(83-23(5)100)51(112)61(32(14-92)128-72)134-74-56(117)53(114)45(106)29(11-89)124-74/h25-78,85-95,102-120H,7-18H2,1-6H3,(H,79,96)(H,80,97)(H,81,98)(H,82,99)(H,83,100)(H,84,101)/t25-,26+,27+,28+,29+,30+,31+,32+,33+,34+,35+,36+,37-,38+,39+,40+,41+,42+,43+,44+,45-,46-,47+,48+,49+,50+,51+,52+,53-,54-,55-,56+,57+,58-,59-,60+,61+,62+,63+,64+,65+,66+,67-,68-,69-,70-,71-,72-,73-,74-,75-,76-,77-,78+/m0/s1. The van der Waals surface area contributed by atoms with Crippen LogP contribution >= 0.6 is 0 Å². The molecule has 0 aromatic carbocycles. The Morgan fingerprint density at radius 2 is 0.507 bits per heavy atom. The summed E-state index contributed by atoms with van der Waals surface area (Å²) in [6.45, 7) is -9.59. The topological polar surface area (TPSA) is 966 Å². The summed E-state index contributed by atoms with van der Waals surface area (Å²) in [6.07, 6.45) is -110. The summed E-state index contributed by atoms with van der Waals surface area (Å²) in [5, 5.41) is 354. The van der Waals surface area contributed by atoms with Crippen LogP contribution in [0.25, 0.3) is 0 Å². The number of rotatable bonds is 41. The third-order valence-corrected chi connectivity index (χ3v) is 25.0. The maximum absolute atomic E-state index is 13.7. The van der Waals surface area contributed by atoms with Crippen molar-refractivity contribution >= 4 is 35.4 Å². The van der Waals surface area contributed by atoms with Crippen LogP contribution in [0.3, 0.4) is 0 Å². The van der Waals surface area contributed by atoms with E-state index in [1.165, 1.54) is 0 Å². The van der Waals surface area contributed by atoms with Crippen LogP contribution in [-0.4, -0.2) is 599 Å². The summed E-state index contributed by atoms with van der Waals surface area (Å²) in [5.74, 6) is -6.12. The van der Waals surface area contributed by atoms with Crippen molar-refractivity contribution in [3.63, 3.8) is 0 Å². The van der Waals surface area contributed by atoms with Gasteiger partial charge in [-0.3, -0.25) is 28.8 Å². The highest BCUT2D eigenvalue weighted by Crippen LogP contribution is 2.43. The van der Waals surface area contributed by atoms with Gasteiger partial charge in [-0.2, -0.15) is 0 Å². The largest absolute Gasteiger partial charge is 0.394 e. The van der Waals surface area contributed by atoms with E-state index in [0.29, 0.717) is 0 Å². The zero-order valence-electron chi connectivity index (χ0n) is 75.7. The molecule has 6 amide bonds. The lowest BCUT2D eigenvalue weighted by Gasteiger charge is -2.53. The van der Waals surface area contributed by atoms with E-state index in [-0.39, 0.29) is 0 Å². The second-order valence-electron chi connectivity index (χ2n) is 35.0. The number of aliphatic hydroxyl groups excluding tert-OH is 30. The lowest BCUT2D eigenvalue weighted by molar-refractivity contribution is -0.414. The fraction of sp³-hybridized carbons (Fsp3) is 0.923. The van der Waals surface area contributed by atoms with Crippen molar-refractivity contribution in [3.05, 3.63) is 0 Å². The monoisotopic (exact) mass is 2050 g/mol. The van der Waals surface area contributed by atoms with Crippen LogP contribution in [0.2, 0.25) is 0 Å². The molecular formula is C78H132N6O56. The molecule has 810 valence electrons. The Labute approximate surface area is 793 Å². The van der Waals surface area contributed by atoms with Crippen molar-refractivity contribution < 1.29 is 277 Å². The van der Waals surface area contributed by atoms with Crippen LogP contribution in [0.5, 0.6) is 0 Å². The molecule has 10 aliphatic heterocycles. The van der Waals surface area contributed by atoms with E-state index >= 15 is 0 Å². The Bertz CT molecular complexity index is 3860. The minimum absolute atomic E-state index is 0.840. The number of hydrogen-bond acceptors (Lipinski definition) is 56. The zero-order chi connectivity index (χ0) is 104. The molecule has 0 unspecified atom stereocenters. The van der Waals surface area contributed by atoms with Crippen molar-refractivity contribution in [2.45, 2.75) is 373 Å². The average molecular weight is 2050 g/mol. The van der Waals surface area contributed by atoms with Gasteiger partial charge in [0.2, 0.25) is 35.4 Å². The number of aliphatic hydroxyl groups is 30. The molecule has 36 N–H and O–H groups in total. The van der Waals surface area contributed by atoms with Gasteiger partial charge in [0.05, 0.1) is 85.3 Å². The molecule has 0 aromatic rings. The number of amides is 6. The van der Waals surface area contributed by atoms with E-state index in [2.05, 4.69) is 31.9 Å². The van der Waals surface area contributed by atoms with Gasteiger partial charge in [0.1, 0.15) is 262 Å². The predicted molar refractivity (Wildman–Crippen MR) is 434 cm³/mol. The van der Waals surface area contributed by atoms with Crippen LogP contribution in [0.1, 0.15) is 41.5 Å². The van der Waals surface area contributed by atoms with Gasteiger partial charge in [-0.05, 0) is 0 Å². The first-order valence-electron chi connectivity index (χ1n) is 44.6. The Balaban J connectivity index is 1.16. The highest BCUT2D eigenvalue weighted by molar-refractivity contribution is 5.75. The highest BCUT2D eigenvalue weighted by atomic mass is 16.8. The molecule has 10 saturated heterocycles. The molecule has 0 saturated carbocycles. The second-order valence-corrected chi connectivity index (χ2v) is 35.0. The number of carbonyl (C=O) groups excluding carboxylic acids is 6. The molecule has 0 radical (unpaired) electrons. The smallest absolute Gasteiger partial charge is 0.217 e. The second kappa shape index (κ2) is 52.1. The van der Waals surface area contributed by atoms with Gasteiger partial charge in [0.15, 0.2) is 62.9 Å². The first-order chi connectivity index (χ1) is 66.2. The number of carbonyl (C=O) groups is 6. The highest BCUT2D eigenvalue weighted by Gasteiger charge is 2.64. The number of ether oxygens (including phenoxy) is 20. The van der Waals surface area contributed by atoms with E-state index in [1.54, 1.807) is 0 Å². The quantitative estimate of drug-likeness (QED) is 0.0270. The van der Waals surface area contributed by atoms with Gasteiger partial charge in [0.25, 0.3) is 0 Å². The van der Waals surface area contributed by atoms with Gasteiger partial charge < -0.3 is 280 Å². The van der Waals surface area contributed by atoms with E-state index < -0.39 is 446 Å². The van der Waals surface area contributed by atoms with Crippen molar-refractivity contribution in [1.82, 2.24) is 31.9 Å². The molecule has 140 heavy (non-hydrogen) atoms. The van der Waals surface area contributed by atoms with E-state index in [4.69, 9.17) is 94.7 Å². The molecule has 62 heteroatoms. The fourth-order valence-electron chi connectivity index (χ4n) is 17.8. The molecule has 10 heterocycles. The van der Waals surface area contributed by atoms with Gasteiger partial charge >= 0.3 is 0 Å². The minimum atomic E-state index is -2.93. The summed E-state index contributed by atoms with van der Waals surface area (Å²) in [4.78, 5) is 78.7. The third-order valence-electron chi connectivity index (χ3n) is 25.0. The molecule has 54 atom stereocenters. The third kappa shape index (κ3) is 26.7. The molecule has 0 bridgehead atoms. The normalized spacial score (nSPS) is 45.7. The molecule has 10 rings (SSSR count). The summed E-state index contributed by atoms with van der Waals surface area (Å²) in [5.41, 5.74) is 0. The number of nitrogens with one attached hydrogen (secondary N) is 6. The first-order valence-corrected chi connectivity index (χ1v) is 44.6. The maximum Gasteiger partial charge on any atom is 0.217 e. The zero-order valence-corrected chi connectivity index (χ0v) is 75.7. The maximum atomic E-state index is 13.7. The molecule has 10 fully saturated rings. The SMILES string of the molecule is CC(=O)N[C@@H]1[C@H](O[C@H]2[C@H](O[C@H]3O[C@H](CO)[C@@H](O[C@@H]4O[C@H](CO)[C@@H](O[C@@H]5O[C@H](CO)[C@H](O)[C@H](O)[C@H]5O)[C@H](O)[C@H]4NC(C)=O)[C@H](O)[C@@H]3O[C@@H]3O[C@H](CO)[C@@H](O[C@@H]4O[C@H](CO)[C@H](O)[C@H](O)[C@H]4O)[C@H](O)[C@H]3NC(C)=O)[C@H](O)[C@H](O[C@H]3[C@H](O)[C@@H](NC(C)=O)[C@H](O[C@@H]([C@H](O)[C@H](CO)NC(C)=O)[C@H](O)CO)O[C@@H]3CO)O[C@@H]2CO[C@H]2O[C@H](CO)[C@@H](O)[C@H](O)[C@@H]2O[C@@H]2O[C@H](CO)[C@@H](O)[C@H](O)[C@H]2NC(C)=O)O[C@H](CO)[C@@H](O)[C@@H]1O. The molecule has 62 nitrogen and oxygen atoms in total. The van der Waals surface area contributed by atoms with Gasteiger partial charge in [0, 0.05) is 41.5 Å². The van der Waals surface area contributed by atoms with Crippen molar-refractivity contribution in [2.75, 3.05) is 79.3 Å². The van der Waals surface area contributed by atoms with E-state index in [0.717, 1.165) is 41.5 Å². The fourth-order valence-corrected chi connectivity index (χ4v) is 17.8. The first kappa shape index (κ1) is 117. The van der Waals surface area contributed by atoms with Crippen LogP contribution in [-0.2, 0) is 124 Å². The Kier molecular flexibility index (Phi) is 43.5. The molecule has 0 aromatic heterocycles.